The summed E-state index contributed by atoms with van der Waals surface area (Å²) in [7, 11) is 0. The second-order valence-electron chi connectivity index (χ2n) is 6.23. The topological polar surface area (TPSA) is 26.3 Å². The van der Waals surface area contributed by atoms with Gasteiger partial charge in [-0.05, 0) is 55.7 Å². The Balaban J connectivity index is 1.60. The first-order chi connectivity index (χ1) is 10.2. The first-order valence-corrected chi connectivity index (χ1v) is 8.34. The lowest BCUT2D eigenvalue weighted by molar-refractivity contribution is -0.137. The standard InChI is InChI=1S/C17H17FO2S/c18-13-3-2-11-8-15(21-14(11)9-13)16(19)12-4-7-20-17(10-12)5-1-6-17/h2-3,8-9,12H,1,4-7,10H2. The van der Waals surface area contributed by atoms with E-state index in [9.17, 15) is 9.18 Å². The van der Waals surface area contributed by atoms with E-state index in [0.29, 0.717) is 6.61 Å². The molecule has 2 heterocycles. The van der Waals surface area contributed by atoms with E-state index in [4.69, 9.17) is 4.74 Å². The Kier molecular flexibility index (Phi) is 3.12. The maximum absolute atomic E-state index is 13.3. The van der Waals surface area contributed by atoms with Gasteiger partial charge in [-0.2, -0.15) is 0 Å². The van der Waals surface area contributed by atoms with Crippen LogP contribution >= 0.6 is 11.3 Å². The fraction of sp³-hybridized carbons (Fsp3) is 0.471. The molecule has 2 aliphatic rings. The minimum absolute atomic E-state index is 0.0125. The minimum atomic E-state index is -0.247. The van der Waals surface area contributed by atoms with Crippen molar-refractivity contribution in [3.8, 4) is 0 Å². The van der Waals surface area contributed by atoms with E-state index in [2.05, 4.69) is 0 Å². The van der Waals surface area contributed by atoms with Crippen LogP contribution in [0.2, 0.25) is 0 Å². The fourth-order valence-corrected chi connectivity index (χ4v) is 4.61. The van der Waals surface area contributed by atoms with Crippen molar-refractivity contribution in [3.05, 3.63) is 35.0 Å². The molecule has 0 bridgehead atoms. The molecule has 2 fully saturated rings. The van der Waals surface area contributed by atoms with Gasteiger partial charge in [-0.3, -0.25) is 4.79 Å². The van der Waals surface area contributed by atoms with Crippen molar-refractivity contribution >= 4 is 27.2 Å². The summed E-state index contributed by atoms with van der Waals surface area (Å²) in [5.74, 6) is 0.0333. The van der Waals surface area contributed by atoms with E-state index in [-0.39, 0.29) is 23.1 Å². The number of carbonyl (C=O) groups is 1. The summed E-state index contributed by atoms with van der Waals surface area (Å²) in [4.78, 5) is 13.5. The summed E-state index contributed by atoms with van der Waals surface area (Å²) >= 11 is 1.41. The predicted molar refractivity (Wildman–Crippen MR) is 81.4 cm³/mol. The molecule has 1 saturated carbocycles. The van der Waals surface area contributed by atoms with Crippen molar-refractivity contribution in [2.75, 3.05) is 6.61 Å². The van der Waals surface area contributed by atoms with Crippen molar-refractivity contribution in [3.63, 3.8) is 0 Å². The van der Waals surface area contributed by atoms with Gasteiger partial charge in [0, 0.05) is 17.2 Å². The number of hydrogen-bond acceptors (Lipinski definition) is 3. The third-order valence-corrected chi connectivity index (χ3v) is 5.97. The maximum Gasteiger partial charge on any atom is 0.176 e. The van der Waals surface area contributed by atoms with Crippen molar-refractivity contribution in [1.29, 1.82) is 0 Å². The number of Topliss-reactive ketones (excluding diaryl/α,β-unsaturated/α-hetero) is 1. The number of rotatable bonds is 2. The molecule has 1 spiro atoms. The lowest BCUT2D eigenvalue weighted by Crippen LogP contribution is -2.46. The van der Waals surface area contributed by atoms with E-state index in [0.717, 1.165) is 40.6 Å². The number of ketones is 1. The largest absolute Gasteiger partial charge is 0.375 e. The van der Waals surface area contributed by atoms with Crippen LogP contribution in [0.1, 0.15) is 41.8 Å². The van der Waals surface area contributed by atoms with Crippen LogP contribution < -0.4 is 0 Å². The number of fused-ring (bicyclic) bond motifs is 1. The molecule has 2 nitrogen and oxygen atoms in total. The highest BCUT2D eigenvalue weighted by Crippen LogP contribution is 2.45. The summed E-state index contributed by atoms with van der Waals surface area (Å²) in [6, 6.07) is 6.61. The van der Waals surface area contributed by atoms with Gasteiger partial charge in [0.25, 0.3) is 0 Å². The Labute approximate surface area is 126 Å². The molecule has 1 unspecified atom stereocenters. The molecular weight excluding hydrogens is 287 g/mol. The quantitative estimate of drug-likeness (QED) is 0.760. The number of thiophene rings is 1. The molecule has 0 amide bonds. The van der Waals surface area contributed by atoms with Crippen molar-refractivity contribution in [2.24, 2.45) is 5.92 Å². The Morgan fingerprint density at radius 2 is 2.19 bits per heavy atom. The zero-order valence-corrected chi connectivity index (χ0v) is 12.5. The van der Waals surface area contributed by atoms with Crippen LogP contribution in [0, 0.1) is 11.7 Å². The second kappa shape index (κ2) is 4.89. The van der Waals surface area contributed by atoms with Crippen LogP contribution in [0.25, 0.3) is 10.1 Å². The van der Waals surface area contributed by atoms with Gasteiger partial charge in [-0.1, -0.05) is 6.07 Å². The van der Waals surface area contributed by atoms with Gasteiger partial charge in [0.2, 0.25) is 0 Å². The average molecular weight is 304 g/mol. The minimum Gasteiger partial charge on any atom is -0.375 e. The van der Waals surface area contributed by atoms with E-state index in [1.165, 1.54) is 29.9 Å². The van der Waals surface area contributed by atoms with Crippen LogP contribution in [-0.4, -0.2) is 18.0 Å². The summed E-state index contributed by atoms with van der Waals surface area (Å²) in [5.41, 5.74) is -0.0125. The molecule has 1 atom stereocenters. The molecule has 1 saturated heterocycles. The number of carbonyl (C=O) groups excluding carboxylic acids is 1. The van der Waals surface area contributed by atoms with Gasteiger partial charge >= 0.3 is 0 Å². The molecule has 4 rings (SSSR count). The van der Waals surface area contributed by atoms with Crippen LogP contribution in [-0.2, 0) is 4.74 Å². The smallest absolute Gasteiger partial charge is 0.176 e. The van der Waals surface area contributed by atoms with Gasteiger partial charge in [0.15, 0.2) is 5.78 Å². The number of ether oxygens (including phenoxy) is 1. The highest BCUT2D eigenvalue weighted by Gasteiger charge is 2.44. The molecule has 2 aromatic rings. The van der Waals surface area contributed by atoms with E-state index in [1.807, 2.05) is 6.07 Å². The molecule has 21 heavy (non-hydrogen) atoms. The molecule has 1 aliphatic heterocycles. The van der Waals surface area contributed by atoms with Crippen molar-refractivity contribution in [1.82, 2.24) is 0 Å². The van der Waals surface area contributed by atoms with Crippen LogP contribution in [0.5, 0.6) is 0 Å². The number of benzene rings is 1. The summed E-state index contributed by atoms with van der Waals surface area (Å²) < 4.78 is 20.0. The van der Waals surface area contributed by atoms with Crippen LogP contribution in [0.15, 0.2) is 24.3 Å². The Bertz CT molecular complexity index is 702. The Morgan fingerprint density at radius 1 is 1.33 bits per heavy atom. The normalized spacial score (nSPS) is 24.1. The van der Waals surface area contributed by atoms with Gasteiger partial charge in [-0.25, -0.2) is 4.39 Å². The van der Waals surface area contributed by atoms with Crippen molar-refractivity contribution in [2.45, 2.75) is 37.7 Å². The average Bonchev–Trinajstić information content (AvgIpc) is 2.88. The number of hydrogen-bond donors (Lipinski definition) is 0. The molecular formula is C17H17FO2S. The van der Waals surface area contributed by atoms with E-state index < -0.39 is 0 Å². The summed E-state index contributed by atoms with van der Waals surface area (Å²) in [6.45, 7) is 0.690. The lowest BCUT2D eigenvalue weighted by Gasteiger charge is -2.46. The lowest BCUT2D eigenvalue weighted by atomic mass is 9.71. The maximum atomic E-state index is 13.3. The summed E-state index contributed by atoms with van der Waals surface area (Å²) in [5, 5.41) is 0.954. The van der Waals surface area contributed by atoms with Crippen LogP contribution in [0.3, 0.4) is 0 Å². The van der Waals surface area contributed by atoms with Crippen molar-refractivity contribution < 1.29 is 13.9 Å². The first kappa shape index (κ1) is 13.4. The molecule has 1 aromatic heterocycles. The van der Waals surface area contributed by atoms with E-state index >= 15 is 0 Å². The molecule has 110 valence electrons. The molecule has 0 N–H and O–H groups in total. The zero-order valence-electron chi connectivity index (χ0n) is 11.7. The molecule has 1 aliphatic carbocycles. The SMILES string of the molecule is O=C(c1cc2ccc(F)cc2s1)C1CCOC2(CCC2)C1. The van der Waals surface area contributed by atoms with Crippen LogP contribution in [0.4, 0.5) is 4.39 Å². The number of halogens is 1. The second-order valence-corrected chi connectivity index (χ2v) is 7.32. The molecule has 0 radical (unpaired) electrons. The summed E-state index contributed by atoms with van der Waals surface area (Å²) in [6.07, 6.45) is 5.06. The van der Waals surface area contributed by atoms with Gasteiger partial charge < -0.3 is 4.74 Å². The molecule has 4 heteroatoms. The first-order valence-electron chi connectivity index (χ1n) is 7.53. The highest BCUT2D eigenvalue weighted by atomic mass is 32.1. The highest BCUT2D eigenvalue weighted by molar-refractivity contribution is 7.20. The predicted octanol–water partition coefficient (Wildman–Crippen LogP) is 4.57. The molecule has 1 aromatic carbocycles. The van der Waals surface area contributed by atoms with Gasteiger partial charge in [0.1, 0.15) is 5.82 Å². The third-order valence-electron chi connectivity index (χ3n) is 4.85. The fourth-order valence-electron chi connectivity index (χ4n) is 3.50. The third kappa shape index (κ3) is 2.30. The zero-order chi connectivity index (χ0) is 14.4. The Morgan fingerprint density at radius 3 is 2.95 bits per heavy atom. The van der Waals surface area contributed by atoms with Gasteiger partial charge in [-0.15, -0.1) is 11.3 Å². The Hall–Kier alpha value is -1.26. The monoisotopic (exact) mass is 304 g/mol. The van der Waals surface area contributed by atoms with Gasteiger partial charge in [0.05, 0.1) is 10.5 Å². The van der Waals surface area contributed by atoms with E-state index in [1.54, 1.807) is 6.07 Å².